The summed E-state index contributed by atoms with van der Waals surface area (Å²) in [6, 6.07) is -13.9. The van der Waals surface area contributed by atoms with Crippen molar-refractivity contribution in [2.45, 2.75) is 246 Å². The predicted molar refractivity (Wildman–Crippen MR) is 301 cm³/mol. The first kappa shape index (κ1) is 73.1. The first-order valence-corrected chi connectivity index (χ1v) is 29.1. The second kappa shape index (κ2) is 37.9. The molecule has 25 nitrogen and oxygen atoms in total. The zero-order valence-electron chi connectivity index (χ0n) is 50.1. The third-order valence-corrected chi connectivity index (χ3v) is 13.9. The Kier molecular flexibility index (Phi) is 34.2. The van der Waals surface area contributed by atoms with Gasteiger partial charge in [-0.1, -0.05) is 128 Å². The largest absolute Gasteiger partial charge is 0.458 e. The van der Waals surface area contributed by atoms with Gasteiger partial charge < -0.3 is 73.6 Å². The molecule has 1 heterocycles. The minimum absolute atomic E-state index is 0.00440. The maximum atomic E-state index is 14.7. The quantitative estimate of drug-likeness (QED) is 0.0353. The Morgan fingerprint density at radius 1 is 0.580 bits per heavy atom. The van der Waals surface area contributed by atoms with Crippen LogP contribution in [-0.2, 0) is 57.5 Å². The van der Waals surface area contributed by atoms with E-state index in [0.29, 0.717) is 12.8 Å². The van der Waals surface area contributed by atoms with E-state index in [2.05, 4.69) is 54.8 Å². The molecule has 0 spiro atoms. The van der Waals surface area contributed by atoms with Gasteiger partial charge in [-0.15, -0.1) is 0 Å². The number of esters is 1. The minimum atomic E-state index is -1.92. The Morgan fingerprint density at radius 2 is 1.06 bits per heavy atom. The number of nitrogens with one attached hydrogen (secondary N) is 9. The number of rotatable bonds is 29. The Bertz CT molecular complexity index is 2060. The molecule has 464 valence electrons. The summed E-state index contributed by atoms with van der Waals surface area (Å²) >= 11 is 0. The maximum Gasteiger partial charge on any atom is 0.329 e. The maximum absolute atomic E-state index is 14.7. The summed E-state index contributed by atoms with van der Waals surface area (Å²) in [5.41, 5.74) is 5.50. The van der Waals surface area contributed by atoms with Gasteiger partial charge in [-0.3, -0.25) is 47.9 Å². The lowest BCUT2D eigenvalue weighted by Gasteiger charge is -2.32. The van der Waals surface area contributed by atoms with E-state index in [4.69, 9.17) is 10.5 Å². The number of aliphatic hydroxyl groups is 3. The van der Waals surface area contributed by atoms with Gasteiger partial charge in [0.1, 0.15) is 60.5 Å². The van der Waals surface area contributed by atoms with Crippen LogP contribution in [0.5, 0.6) is 0 Å². The molecule has 25 heteroatoms. The van der Waals surface area contributed by atoms with Gasteiger partial charge in [0.05, 0.1) is 25.7 Å². The lowest BCUT2D eigenvalue weighted by atomic mass is 9.98. The molecule has 10 amide bonds. The number of cyclic esters (lactones) is 1. The number of hydrogen-bond acceptors (Lipinski definition) is 15. The summed E-state index contributed by atoms with van der Waals surface area (Å²) in [5, 5.41) is 54.2. The molecule has 1 aliphatic heterocycles. The summed E-state index contributed by atoms with van der Waals surface area (Å²) in [7, 11) is 0. The smallest absolute Gasteiger partial charge is 0.329 e. The molecule has 0 aliphatic carbocycles. The Balaban J connectivity index is 3.93. The lowest BCUT2D eigenvalue weighted by Crippen LogP contribution is -2.64. The summed E-state index contributed by atoms with van der Waals surface area (Å²) in [6.45, 7) is 18.4. The fourth-order valence-electron chi connectivity index (χ4n) is 8.99. The fraction of sp³-hybridized carbons (Fsp3) is 0.804. The van der Waals surface area contributed by atoms with Crippen LogP contribution in [0.3, 0.4) is 0 Å². The highest BCUT2D eigenvalue weighted by molar-refractivity contribution is 5.99. The predicted octanol–water partition coefficient (Wildman–Crippen LogP) is 0.277. The van der Waals surface area contributed by atoms with Crippen molar-refractivity contribution in [2.75, 3.05) is 13.2 Å². The van der Waals surface area contributed by atoms with Crippen molar-refractivity contribution in [1.82, 2.24) is 47.9 Å². The Morgan fingerprint density at radius 3 is 1.54 bits per heavy atom. The third-order valence-electron chi connectivity index (χ3n) is 13.9. The van der Waals surface area contributed by atoms with Crippen molar-refractivity contribution in [3.05, 3.63) is 0 Å². The number of hydrogen-bond donors (Lipinski definition) is 13. The summed E-state index contributed by atoms with van der Waals surface area (Å²) in [5.74, 6) is -12.6. The van der Waals surface area contributed by atoms with Gasteiger partial charge in [0.25, 0.3) is 0 Å². The number of nitrogens with two attached hydrogens (primary N) is 1. The first-order chi connectivity index (χ1) is 38.0. The van der Waals surface area contributed by atoms with Crippen LogP contribution in [-0.4, -0.2) is 160 Å². The Labute approximate surface area is 478 Å². The molecule has 0 saturated carbocycles. The average Bonchev–Trinajstić information content (AvgIpc) is 3.41. The molecule has 1 saturated heterocycles. The highest BCUT2D eigenvalue weighted by Gasteiger charge is 2.40. The first-order valence-electron chi connectivity index (χ1n) is 29.1. The van der Waals surface area contributed by atoms with Gasteiger partial charge in [0, 0.05) is 6.42 Å². The SMILES string of the molecule is CCCCCCCCCC(O)CC(=O)NC(CC(C)C)C(=O)NC(CCC(N)=O)C(=O)NC1C(=O)NC(C(C)C)C(=O)NC(CC(C)C)C(=O)NC(CO)C(=O)NC(CC(C)C)C(=O)NC(CO)C(=O)NC(C(C)CC)C(=O)OC1C. The van der Waals surface area contributed by atoms with Gasteiger partial charge in [-0.05, 0) is 68.6 Å². The third kappa shape index (κ3) is 27.6. The molecule has 14 N–H and O–H groups in total. The number of carbonyl (C=O) groups excluding carboxylic acids is 11. The van der Waals surface area contributed by atoms with Gasteiger partial charge in [0.2, 0.25) is 59.1 Å². The van der Waals surface area contributed by atoms with Gasteiger partial charge in [0.15, 0.2) is 0 Å². The second-order valence-corrected chi connectivity index (χ2v) is 23.2. The monoisotopic (exact) mass is 1150 g/mol. The van der Waals surface area contributed by atoms with E-state index in [-0.39, 0.29) is 49.9 Å². The van der Waals surface area contributed by atoms with E-state index in [1.54, 1.807) is 69.2 Å². The number of aliphatic hydroxyl groups excluding tert-OH is 3. The van der Waals surface area contributed by atoms with Crippen LogP contribution >= 0.6 is 0 Å². The molecule has 12 unspecified atom stereocenters. The van der Waals surface area contributed by atoms with Crippen LogP contribution in [0.1, 0.15) is 179 Å². The normalized spacial score (nSPS) is 23.7. The van der Waals surface area contributed by atoms with E-state index < -0.39 is 170 Å². The molecule has 0 bridgehead atoms. The summed E-state index contributed by atoms with van der Waals surface area (Å²) in [4.78, 5) is 153. The minimum Gasteiger partial charge on any atom is -0.458 e. The highest BCUT2D eigenvalue weighted by Crippen LogP contribution is 2.17. The topological polar surface area (TPSA) is 392 Å². The van der Waals surface area contributed by atoms with E-state index in [0.717, 1.165) is 38.5 Å². The van der Waals surface area contributed by atoms with Crippen LogP contribution in [0, 0.1) is 29.6 Å². The molecule has 81 heavy (non-hydrogen) atoms. The average molecular weight is 1150 g/mol. The lowest BCUT2D eigenvalue weighted by molar-refractivity contribution is -0.157. The van der Waals surface area contributed by atoms with Crippen LogP contribution in [0.15, 0.2) is 0 Å². The molecular weight excluding hydrogens is 1050 g/mol. The van der Waals surface area contributed by atoms with Crippen molar-refractivity contribution in [1.29, 1.82) is 0 Å². The van der Waals surface area contributed by atoms with Gasteiger partial charge in [-0.25, -0.2) is 4.79 Å². The molecule has 0 radical (unpaired) electrons. The number of unbranched alkanes of at least 4 members (excludes halogenated alkanes) is 6. The number of primary amides is 1. The van der Waals surface area contributed by atoms with E-state index in [1.807, 2.05) is 0 Å². The molecule has 1 rings (SSSR count). The van der Waals surface area contributed by atoms with Crippen molar-refractivity contribution in [2.24, 2.45) is 35.3 Å². The Hall–Kier alpha value is -5.95. The van der Waals surface area contributed by atoms with Crippen LogP contribution in [0.4, 0.5) is 0 Å². The van der Waals surface area contributed by atoms with Gasteiger partial charge in [-0.2, -0.15) is 0 Å². The van der Waals surface area contributed by atoms with Crippen LogP contribution in [0.2, 0.25) is 0 Å². The van der Waals surface area contributed by atoms with Crippen LogP contribution < -0.4 is 53.6 Å². The van der Waals surface area contributed by atoms with Gasteiger partial charge >= 0.3 is 5.97 Å². The fourth-order valence-corrected chi connectivity index (χ4v) is 8.99. The van der Waals surface area contributed by atoms with Crippen molar-refractivity contribution in [3.63, 3.8) is 0 Å². The van der Waals surface area contributed by atoms with Crippen molar-refractivity contribution >= 4 is 65.0 Å². The number of amides is 10. The molecule has 12 atom stereocenters. The van der Waals surface area contributed by atoms with E-state index >= 15 is 0 Å². The van der Waals surface area contributed by atoms with Crippen molar-refractivity contribution in [3.8, 4) is 0 Å². The van der Waals surface area contributed by atoms with E-state index in [1.165, 1.54) is 6.92 Å². The standard InChI is InChI=1S/C56H100N10O15/c1-13-15-16-17-18-19-20-21-36(69)27-44(71)58-38(24-30(3)4)49(73)59-37(22-23-43(57)70)48(72)66-47-35(12)81-56(80)46(34(11)14-2)65-53(77)42(29-68)63-50(74)39(25-31(5)6)60-52(76)41(28-67)62-51(75)40(26-32(7)8)61-54(78)45(33(9)10)64-55(47)79/h30-42,45-47,67-69H,13-29H2,1-12H3,(H2,57,70)(H,58,71)(H,59,73)(H,60,76)(H,61,78)(H,62,75)(H,63,74)(H,64,79)(H,65,77)(H,66,72). The molecule has 1 fully saturated rings. The molecular formula is C56H100N10O15. The zero-order valence-corrected chi connectivity index (χ0v) is 50.1. The summed E-state index contributed by atoms with van der Waals surface area (Å²) < 4.78 is 5.85. The summed E-state index contributed by atoms with van der Waals surface area (Å²) in [6.07, 6.45) is 4.00. The molecule has 0 aromatic carbocycles. The second-order valence-electron chi connectivity index (χ2n) is 23.2. The highest BCUT2D eigenvalue weighted by atomic mass is 16.5. The molecule has 1 aliphatic rings. The number of ether oxygens (including phenoxy) is 1. The van der Waals surface area contributed by atoms with Crippen molar-refractivity contribution < 1.29 is 72.8 Å². The molecule has 0 aromatic heterocycles. The van der Waals surface area contributed by atoms with Crippen LogP contribution in [0.25, 0.3) is 0 Å². The van der Waals surface area contributed by atoms with E-state index in [9.17, 15) is 68.1 Å². The zero-order chi connectivity index (χ0) is 61.7. The number of carbonyl (C=O) groups is 11. The molecule has 0 aromatic rings.